The van der Waals surface area contributed by atoms with E-state index in [0.29, 0.717) is 23.4 Å². The Morgan fingerprint density at radius 1 is 1.26 bits per heavy atom. The third-order valence-electron chi connectivity index (χ3n) is 3.32. The topological polar surface area (TPSA) is 76.8 Å². The van der Waals surface area contributed by atoms with E-state index in [2.05, 4.69) is 16.6 Å². The van der Waals surface area contributed by atoms with E-state index >= 15 is 0 Å². The molecule has 0 aliphatic heterocycles. The van der Waals surface area contributed by atoms with Crippen LogP contribution in [0.1, 0.15) is 31.9 Å². The fourth-order valence-corrected chi connectivity index (χ4v) is 1.62. The Morgan fingerprint density at radius 3 is 2.35 bits per heavy atom. The van der Waals surface area contributed by atoms with Crippen molar-refractivity contribution in [1.82, 2.24) is 0 Å². The highest BCUT2D eigenvalue weighted by Gasteiger charge is 2.46. The lowest BCUT2D eigenvalue weighted by Crippen LogP contribution is -2.34. The Labute approximate surface area is 133 Å². The number of alkyl halides is 3. The molecular weight excluding hydrogens is 305 g/mol. The second-order valence-corrected chi connectivity index (χ2v) is 5.67. The van der Waals surface area contributed by atoms with Crippen LogP contribution in [0, 0.1) is 5.41 Å². The summed E-state index contributed by atoms with van der Waals surface area (Å²) in [4.78, 5) is 7.73. The molecule has 7 heteroatoms. The van der Waals surface area contributed by atoms with Crippen molar-refractivity contribution in [3.63, 3.8) is 0 Å². The van der Waals surface area contributed by atoms with Crippen LogP contribution in [0.4, 0.5) is 18.9 Å². The van der Waals surface area contributed by atoms with Crippen LogP contribution in [0.25, 0.3) is 5.70 Å². The van der Waals surface area contributed by atoms with Gasteiger partial charge >= 0.3 is 6.18 Å². The fraction of sp³-hybridized carbons (Fsp3) is 0.375. The molecule has 4 nitrogen and oxygen atoms in total. The molecule has 1 aromatic rings. The van der Waals surface area contributed by atoms with E-state index in [1.165, 1.54) is 0 Å². The van der Waals surface area contributed by atoms with E-state index in [9.17, 15) is 13.2 Å². The Balaban J connectivity index is 3.15. The minimum atomic E-state index is -4.41. The Kier molecular flexibility index (Phi) is 5.58. The molecule has 0 aliphatic rings. The van der Waals surface area contributed by atoms with Crippen LogP contribution < -0.4 is 11.5 Å². The predicted octanol–water partition coefficient (Wildman–Crippen LogP) is 3.78. The van der Waals surface area contributed by atoms with Gasteiger partial charge in [0.1, 0.15) is 0 Å². The molecular formula is C16H21F3N4. The van der Waals surface area contributed by atoms with Crippen molar-refractivity contribution in [3.8, 4) is 0 Å². The lowest BCUT2D eigenvalue weighted by Gasteiger charge is -2.22. The summed E-state index contributed by atoms with van der Waals surface area (Å²) in [6.07, 6.45) is -2.98. The maximum absolute atomic E-state index is 12.8. The van der Waals surface area contributed by atoms with Crippen molar-refractivity contribution in [3.05, 3.63) is 35.9 Å². The summed E-state index contributed by atoms with van der Waals surface area (Å²) < 4.78 is 38.3. The van der Waals surface area contributed by atoms with Gasteiger partial charge in [-0.15, -0.1) is 0 Å². The molecule has 0 saturated heterocycles. The molecule has 0 atom stereocenters. The van der Waals surface area contributed by atoms with Crippen LogP contribution in [0.3, 0.4) is 0 Å². The molecule has 0 aromatic heterocycles. The van der Waals surface area contributed by atoms with E-state index in [0.717, 1.165) is 25.6 Å². The first-order valence-electron chi connectivity index (χ1n) is 7.01. The summed E-state index contributed by atoms with van der Waals surface area (Å²) in [7, 11) is 0. The van der Waals surface area contributed by atoms with Crippen molar-refractivity contribution in [2.75, 3.05) is 0 Å². The second-order valence-electron chi connectivity index (χ2n) is 5.67. The maximum atomic E-state index is 12.8. The highest BCUT2D eigenvalue weighted by atomic mass is 19.4. The van der Waals surface area contributed by atoms with Crippen molar-refractivity contribution >= 4 is 23.6 Å². The Bertz CT molecular complexity index is 643. The van der Waals surface area contributed by atoms with Crippen LogP contribution >= 0.6 is 0 Å². The number of hydrogen-bond donors (Lipinski definition) is 2. The molecule has 0 spiro atoms. The van der Waals surface area contributed by atoms with Crippen molar-refractivity contribution in [2.24, 2.45) is 26.9 Å². The molecule has 1 aromatic carbocycles. The number of nitrogens with zero attached hydrogens (tertiary/aromatic N) is 2. The largest absolute Gasteiger partial charge is 0.399 e. The van der Waals surface area contributed by atoms with Crippen LogP contribution in [0.2, 0.25) is 0 Å². The summed E-state index contributed by atoms with van der Waals surface area (Å²) in [6.45, 7) is 7.60. The van der Waals surface area contributed by atoms with E-state index in [-0.39, 0.29) is 5.96 Å². The summed E-state index contributed by atoms with van der Waals surface area (Å²) in [5.74, 6) is -0.253. The summed E-state index contributed by atoms with van der Waals surface area (Å²) >= 11 is 0. The van der Waals surface area contributed by atoms with Crippen LogP contribution in [0.5, 0.6) is 0 Å². The number of benzene rings is 1. The Morgan fingerprint density at radius 2 is 1.87 bits per heavy atom. The molecule has 0 unspecified atom stereocenters. The summed E-state index contributed by atoms with van der Waals surface area (Å²) in [5.41, 5.74) is 11.6. The van der Waals surface area contributed by atoms with Crippen molar-refractivity contribution < 1.29 is 13.2 Å². The highest BCUT2D eigenvalue weighted by molar-refractivity contribution is 5.90. The van der Waals surface area contributed by atoms with Crippen LogP contribution in [-0.2, 0) is 6.42 Å². The lowest BCUT2D eigenvalue weighted by atomic mass is 9.95. The molecule has 0 heterocycles. The van der Waals surface area contributed by atoms with Crippen LogP contribution in [0.15, 0.2) is 34.8 Å². The van der Waals surface area contributed by atoms with E-state index in [1.807, 2.05) is 13.0 Å². The van der Waals surface area contributed by atoms with Gasteiger partial charge in [0, 0.05) is 11.9 Å². The Hall–Kier alpha value is -2.31. The standard InChI is InChI=1S/C16H21F3N4/c1-5-11-6-7-12(10(2)20)8-13(11)23-14(21)22-9-15(3,4)16(17,18)19/h6-9H,2,5,20H2,1,3-4H3,(H2,21,23)/b22-9-. The van der Waals surface area contributed by atoms with Gasteiger partial charge in [-0.1, -0.05) is 25.6 Å². The molecule has 0 fully saturated rings. The van der Waals surface area contributed by atoms with E-state index in [4.69, 9.17) is 11.5 Å². The SMILES string of the molecule is C=C(N)c1ccc(CC)c(N=C(N)/N=C\C(C)(C)C(F)(F)F)c1. The predicted molar refractivity (Wildman–Crippen MR) is 88.7 cm³/mol. The lowest BCUT2D eigenvalue weighted by molar-refractivity contribution is -0.184. The molecule has 0 amide bonds. The maximum Gasteiger partial charge on any atom is 0.398 e. The number of hydrogen-bond acceptors (Lipinski definition) is 2. The summed E-state index contributed by atoms with van der Waals surface area (Å²) in [5, 5.41) is 0. The van der Waals surface area contributed by atoms with E-state index < -0.39 is 11.6 Å². The number of guanidine groups is 1. The first-order chi connectivity index (χ1) is 10.5. The van der Waals surface area contributed by atoms with Gasteiger partial charge < -0.3 is 11.5 Å². The van der Waals surface area contributed by atoms with Gasteiger partial charge in [0.25, 0.3) is 0 Å². The fourth-order valence-electron chi connectivity index (χ4n) is 1.62. The molecule has 0 aliphatic carbocycles. The zero-order valence-electron chi connectivity index (χ0n) is 13.4. The van der Waals surface area contributed by atoms with Gasteiger partial charge in [0.05, 0.1) is 11.1 Å². The van der Waals surface area contributed by atoms with Gasteiger partial charge in [0.2, 0.25) is 5.96 Å². The van der Waals surface area contributed by atoms with Gasteiger partial charge in [-0.05, 0) is 37.5 Å². The quantitative estimate of drug-likeness (QED) is 0.652. The van der Waals surface area contributed by atoms with E-state index in [1.54, 1.807) is 12.1 Å². The van der Waals surface area contributed by atoms with Gasteiger partial charge in [-0.2, -0.15) is 13.2 Å². The van der Waals surface area contributed by atoms with Gasteiger partial charge in [-0.3, -0.25) is 0 Å². The average Bonchev–Trinajstić information content (AvgIpc) is 2.44. The molecule has 23 heavy (non-hydrogen) atoms. The summed E-state index contributed by atoms with van der Waals surface area (Å²) in [6, 6.07) is 5.30. The van der Waals surface area contributed by atoms with Crippen LogP contribution in [-0.4, -0.2) is 18.4 Å². The molecule has 4 N–H and O–H groups in total. The third kappa shape index (κ3) is 4.84. The zero-order chi connectivity index (χ0) is 17.8. The number of aliphatic imine (C=N–C) groups is 2. The van der Waals surface area contributed by atoms with Crippen molar-refractivity contribution in [1.29, 1.82) is 0 Å². The molecule has 1 rings (SSSR count). The highest BCUT2D eigenvalue weighted by Crippen LogP contribution is 2.35. The normalized spacial score (nSPS) is 13.6. The number of aryl methyl sites for hydroxylation is 1. The third-order valence-corrected chi connectivity index (χ3v) is 3.32. The smallest absolute Gasteiger partial charge is 0.398 e. The number of nitrogens with two attached hydrogens (primary N) is 2. The van der Waals surface area contributed by atoms with Crippen molar-refractivity contribution in [2.45, 2.75) is 33.4 Å². The minimum Gasteiger partial charge on any atom is -0.399 e. The average molecular weight is 326 g/mol. The van der Waals surface area contributed by atoms with Gasteiger partial charge in [0.15, 0.2) is 0 Å². The first kappa shape index (κ1) is 18.7. The second kappa shape index (κ2) is 6.85. The zero-order valence-corrected chi connectivity index (χ0v) is 13.4. The molecule has 0 radical (unpaired) electrons. The number of halogens is 3. The molecule has 0 saturated carbocycles. The number of rotatable bonds is 4. The monoisotopic (exact) mass is 326 g/mol. The molecule has 0 bridgehead atoms. The minimum absolute atomic E-state index is 0.253. The van der Waals surface area contributed by atoms with Gasteiger partial charge in [-0.25, -0.2) is 9.98 Å². The first-order valence-corrected chi connectivity index (χ1v) is 7.01. The molecule has 126 valence electrons.